The van der Waals surface area contributed by atoms with Crippen molar-refractivity contribution in [2.75, 3.05) is 0 Å². The number of phenols is 1. The lowest BCUT2D eigenvalue weighted by Gasteiger charge is -2.12. The Morgan fingerprint density at radius 3 is 2.53 bits per heavy atom. The lowest BCUT2D eigenvalue weighted by atomic mass is 9.97. The molecule has 1 aromatic carbocycles. The average Bonchev–Trinajstić information content (AvgIpc) is 2.76. The first-order chi connectivity index (χ1) is 8.02. The molecule has 0 saturated carbocycles. The van der Waals surface area contributed by atoms with E-state index in [0.717, 1.165) is 0 Å². The van der Waals surface area contributed by atoms with E-state index in [2.05, 4.69) is 10.2 Å². The number of aromatic nitrogens is 2. The third kappa shape index (κ3) is 1.88. The number of hydrogen-bond donors (Lipinski definition) is 2. The Balaban J connectivity index is 2.66. The molecule has 0 radical (unpaired) electrons. The highest BCUT2D eigenvalue weighted by Crippen LogP contribution is 2.35. The highest BCUT2D eigenvalue weighted by atomic mass is 19.2. The number of hydrogen-bond acceptors (Lipinski definition) is 2. The number of nitrogens with one attached hydrogen (secondary N) is 1. The largest absolute Gasteiger partial charge is 0.508 e. The molecule has 0 aliphatic rings. The van der Waals surface area contributed by atoms with Crippen LogP contribution in [0.3, 0.4) is 0 Å². The summed E-state index contributed by atoms with van der Waals surface area (Å²) in [5.41, 5.74) is 0.389. The summed E-state index contributed by atoms with van der Waals surface area (Å²) >= 11 is 0. The summed E-state index contributed by atoms with van der Waals surface area (Å²) in [6.07, 6.45) is 2.80. The second kappa shape index (κ2) is 4.16. The SMILES string of the molecule is CC(C)c1c(O)cc(-c2cn[nH]c2)c(F)c1F. The summed E-state index contributed by atoms with van der Waals surface area (Å²) in [5.74, 6) is -2.50. The van der Waals surface area contributed by atoms with E-state index in [1.54, 1.807) is 13.8 Å². The van der Waals surface area contributed by atoms with E-state index >= 15 is 0 Å². The fourth-order valence-corrected chi connectivity index (χ4v) is 1.78. The summed E-state index contributed by atoms with van der Waals surface area (Å²) in [6, 6.07) is 1.22. The van der Waals surface area contributed by atoms with Gasteiger partial charge in [-0.25, -0.2) is 8.78 Å². The number of aromatic amines is 1. The van der Waals surface area contributed by atoms with Gasteiger partial charge in [-0.1, -0.05) is 13.8 Å². The minimum Gasteiger partial charge on any atom is -0.508 e. The van der Waals surface area contributed by atoms with Crippen LogP contribution in [-0.4, -0.2) is 15.3 Å². The molecule has 0 bridgehead atoms. The quantitative estimate of drug-likeness (QED) is 0.844. The van der Waals surface area contributed by atoms with Gasteiger partial charge >= 0.3 is 0 Å². The summed E-state index contributed by atoms with van der Waals surface area (Å²) in [7, 11) is 0. The maximum absolute atomic E-state index is 13.8. The summed E-state index contributed by atoms with van der Waals surface area (Å²) in [5, 5.41) is 15.9. The van der Waals surface area contributed by atoms with E-state index in [0.29, 0.717) is 5.56 Å². The number of phenolic OH excluding ortho intramolecular Hbond substituents is 1. The van der Waals surface area contributed by atoms with Crippen molar-refractivity contribution in [1.82, 2.24) is 10.2 Å². The average molecular weight is 238 g/mol. The van der Waals surface area contributed by atoms with Gasteiger partial charge in [-0.15, -0.1) is 0 Å². The molecule has 0 spiro atoms. The Morgan fingerprint density at radius 1 is 1.29 bits per heavy atom. The second-order valence-corrected chi connectivity index (χ2v) is 4.13. The monoisotopic (exact) mass is 238 g/mol. The molecule has 5 heteroatoms. The molecule has 0 amide bonds. The molecule has 3 nitrogen and oxygen atoms in total. The van der Waals surface area contributed by atoms with Crippen LogP contribution < -0.4 is 0 Å². The zero-order valence-electron chi connectivity index (χ0n) is 9.46. The first-order valence-electron chi connectivity index (χ1n) is 5.22. The van der Waals surface area contributed by atoms with Gasteiger partial charge in [0.25, 0.3) is 0 Å². The maximum Gasteiger partial charge on any atom is 0.167 e. The summed E-state index contributed by atoms with van der Waals surface area (Å²) in [6.45, 7) is 3.38. The van der Waals surface area contributed by atoms with Crippen molar-refractivity contribution in [2.24, 2.45) is 0 Å². The third-order valence-corrected chi connectivity index (χ3v) is 2.61. The molecule has 0 saturated heterocycles. The third-order valence-electron chi connectivity index (χ3n) is 2.61. The van der Waals surface area contributed by atoms with Gasteiger partial charge in [0.15, 0.2) is 11.6 Å². The molecule has 0 fully saturated rings. The lowest BCUT2D eigenvalue weighted by Crippen LogP contribution is -1.99. The first kappa shape index (κ1) is 11.6. The Bertz CT molecular complexity index is 536. The predicted molar refractivity (Wildman–Crippen MR) is 59.7 cm³/mol. The topological polar surface area (TPSA) is 48.9 Å². The molecule has 0 unspecified atom stereocenters. The van der Waals surface area contributed by atoms with Crippen LogP contribution in [0.4, 0.5) is 8.78 Å². The molecule has 17 heavy (non-hydrogen) atoms. The molecule has 0 aliphatic heterocycles. The Kier molecular flexibility index (Phi) is 2.83. The molecule has 90 valence electrons. The Hall–Kier alpha value is -1.91. The van der Waals surface area contributed by atoms with Crippen molar-refractivity contribution in [3.63, 3.8) is 0 Å². The smallest absolute Gasteiger partial charge is 0.167 e. The highest BCUT2D eigenvalue weighted by molar-refractivity contribution is 5.66. The van der Waals surface area contributed by atoms with Gasteiger partial charge in [0.2, 0.25) is 0 Å². The molecule has 2 aromatic rings. The van der Waals surface area contributed by atoms with Gasteiger partial charge in [-0.2, -0.15) is 5.10 Å². The van der Waals surface area contributed by atoms with Crippen molar-refractivity contribution < 1.29 is 13.9 Å². The highest BCUT2D eigenvalue weighted by Gasteiger charge is 2.21. The van der Waals surface area contributed by atoms with Crippen molar-refractivity contribution >= 4 is 0 Å². The van der Waals surface area contributed by atoms with E-state index in [9.17, 15) is 13.9 Å². The Labute approximate surface area is 97.1 Å². The van der Waals surface area contributed by atoms with E-state index in [1.807, 2.05) is 0 Å². The van der Waals surface area contributed by atoms with Crippen molar-refractivity contribution in [1.29, 1.82) is 0 Å². The molecule has 2 N–H and O–H groups in total. The van der Waals surface area contributed by atoms with E-state index < -0.39 is 11.6 Å². The van der Waals surface area contributed by atoms with Crippen LogP contribution in [0.1, 0.15) is 25.3 Å². The number of halogens is 2. The number of H-pyrrole nitrogens is 1. The molecular weight excluding hydrogens is 226 g/mol. The van der Waals surface area contributed by atoms with Crippen LogP contribution in [-0.2, 0) is 0 Å². The molecule has 0 aliphatic carbocycles. The van der Waals surface area contributed by atoms with Crippen LogP contribution in [0.2, 0.25) is 0 Å². The normalized spacial score (nSPS) is 11.1. The van der Waals surface area contributed by atoms with Gasteiger partial charge in [0.1, 0.15) is 5.75 Å². The van der Waals surface area contributed by atoms with Gasteiger partial charge < -0.3 is 5.11 Å². The van der Waals surface area contributed by atoms with Crippen LogP contribution in [0, 0.1) is 11.6 Å². The van der Waals surface area contributed by atoms with Gasteiger partial charge in [-0.3, -0.25) is 5.10 Å². The zero-order valence-corrected chi connectivity index (χ0v) is 9.46. The summed E-state index contributed by atoms with van der Waals surface area (Å²) in [4.78, 5) is 0. The second-order valence-electron chi connectivity index (χ2n) is 4.13. The molecule has 2 rings (SSSR count). The van der Waals surface area contributed by atoms with Crippen molar-refractivity contribution in [2.45, 2.75) is 19.8 Å². The van der Waals surface area contributed by atoms with Gasteiger partial charge in [0.05, 0.1) is 6.20 Å². The minimum atomic E-state index is -1.00. The first-order valence-corrected chi connectivity index (χ1v) is 5.22. The van der Waals surface area contributed by atoms with Crippen LogP contribution in [0.25, 0.3) is 11.1 Å². The lowest BCUT2D eigenvalue weighted by molar-refractivity contribution is 0.437. The van der Waals surface area contributed by atoms with Gasteiger partial charge in [0, 0.05) is 22.9 Å². The van der Waals surface area contributed by atoms with Gasteiger partial charge in [-0.05, 0) is 12.0 Å². The fourth-order valence-electron chi connectivity index (χ4n) is 1.78. The number of nitrogens with zero attached hydrogens (tertiary/aromatic N) is 1. The molecule has 1 aromatic heterocycles. The van der Waals surface area contributed by atoms with Crippen molar-refractivity contribution in [3.05, 3.63) is 35.7 Å². The predicted octanol–water partition coefficient (Wildman–Crippen LogP) is 3.18. The minimum absolute atomic E-state index is 0.00171. The van der Waals surface area contributed by atoms with E-state index in [4.69, 9.17) is 0 Å². The number of rotatable bonds is 2. The van der Waals surface area contributed by atoms with Crippen LogP contribution >= 0.6 is 0 Å². The van der Waals surface area contributed by atoms with E-state index in [-0.39, 0.29) is 22.8 Å². The Morgan fingerprint density at radius 2 is 2.00 bits per heavy atom. The summed E-state index contributed by atoms with van der Waals surface area (Å²) < 4.78 is 27.6. The maximum atomic E-state index is 13.8. The van der Waals surface area contributed by atoms with Crippen molar-refractivity contribution in [3.8, 4) is 16.9 Å². The number of benzene rings is 1. The van der Waals surface area contributed by atoms with Crippen LogP contribution in [0.15, 0.2) is 18.5 Å². The zero-order chi connectivity index (χ0) is 12.6. The standard InChI is InChI=1S/C12H12F2N2O/c1-6(2)10-9(17)3-8(11(13)12(10)14)7-4-15-16-5-7/h3-6,17H,1-2H3,(H,15,16). The number of aromatic hydroxyl groups is 1. The molecule has 1 heterocycles. The molecular formula is C12H12F2N2O. The van der Waals surface area contributed by atoms with E-state index in [1.165, 1.54) is 18.5 Å². The van der Waals surface area contributed by atoms with Crippen LogP contribution in [0.5, 0.6) is 5.75 Å². The fraction of sp³-hybridized carbons (Fsp3) is 0.250. The molecule has 0 atom stereocenters.